The molecule has 2 aliphatic rings. The molecular weight excluding hydrogens is 297 g/mol. The Kier molecular flexibility index (Phi) is 4.41. The first-order chi connectivity index (χ1) is 9.67. The van der Waals surface area contributed by atoms with Gasteiger partial charge in [-0.1, -0.05) is 23.2 Å². The van der Waals surface area contributed by atoms with Crippen molar-refractivity contribution in [2.24, 2.45) is 0 Å². The molecule has 0 bridgehead atoms. The fourth-order valence-electron chi connectivity index (χ4n) is 3.06. The molecule has 1 atom stereocenters. The van der Waals surface area contributed by atoms with E-state index in [1.54, 1.807) is 0 Å². The minimum absolute atomic E-state index is 0.00435. The second-order valence-corrected chi connectivity index (χ2v) is 6.42. The molecule has 2 heterocycles. The van der Waals surface area contributed by atoms with E-state index in [1.807, 2.05) is 18.2 Å². The number of hydrogen-bond acceptors (Lipinski definition) is 3. The highest BCUT2D eigenvalue weighted by Gasteiger charge is 2.38. The smallest absolute Gasteiger partial charge is 0.0745 e. The molecule has 1 N–H and O–H groups in total. The van der Waals surface area contributed by atoms with Gasteiger partial charge in [-0.25, -0.2) is 0 Å². The van der Waals surface area contributed by atoms with Crippen LogP contribution in [0.5, 0.6) is 0 Å². The van der Waals surface area contributed by atoms with E-state index in [9.17, 15) is 0 Å². The van der Waals surface area contributed by atoms with Crippen molar-refractivity contribution < 1.29 is 9.47 Å². The van der Waals surface area contributed by atoms with Crippen LogP contribution < -0.4 is 5.32 Å². The number of anilines is 1. The van der Waals surface area contributed by atoms with Crippen LogP contribution in [0.1, 0.15) is 25.7 Å². The molecule has 1 aromatic rings. The van der Waals surface area contributed by atoms with Crippen LogP contribution in [0.2, 0.25) is 10.0 Å². The van der Waals surface area contributed by atoms with Gasteiger partial charge in [0.1, 0.15) is 0 Å². The molecule has 3 rings (SSSR count). The van der Waals surface area contributed by atoms with Gasteiger partial charge in [0.2, 0.25) is 0 Å². The zero-order valence-corrected chi connectivity index (χ0v) is 12.8. The van der Waals surface area contributed by atoms with Crippen molar-refractivity contribution in [3.8, 4) is 0 Å². The molecule has 110 valence electrons. The van der Waals surface area contributed by atoms with Crippen molar-refractivity contribution in [2.45, 2.75) is 37.3 Å². The lowest BCUT2D eigenvalue weighted by Gasteiger charge is -2.43. The molecule has 3 nitrogen and oxygen atoms in total. The summed E-state index contributed by atoms with van der Waals surface area (Å²) in [6.45, 7) is 2.41. The lowest BCUT2D eigenvalue weighted by atomic mass is 9.84. The van der Waals surface area contributed by atoms with Gasteiger partial charge in [-0.05, 0) is 43.9 Å². The molecule has 0 aromatic heterocycles. The molecular formula is C15H19Cl2NO2. The number of ether oxygens (including phenoxy) is 2. The second-order valence-electron chi connectivity index (χ2n) is 5.61. The zero-order chi connectivity index (χ0) is 14.0. The summed E-state index contributed by atoms with van der Waals surface area (Å²) >= 11 is 12.0. The van der Waals surface area contributed by atoms with Crippen LogP contribution in [0, 0.1) is 0 Å². The van der Waals surface area contributed by atoms with E-state index >= 15 is 0 Å². The Morgan fingerprint density at radius 2 is 1.90 bits per heavy atom. The number of halogens is 2. The van der Waals surface area contributed by atoms with Gasteiger partial charge in [-0.3, -0.25) is 0 Å². The Hall–Kier alpha value is -0.480. The zero-order valence-electron chi connectivity index (χ0n) is 11.3. The molecule has 0 amide bonds. The van der Waals surface area contributed by atoms with Crippen LogP contribution in [-0.2, 0) is 9.47 Å². The van der Waals surface area contributed by atoms with Crippen molar-refractivity contribution in [1.82, 2.24) is 0 Å². The molecule has 0 radical (unpaired) electrons. The summed E-state index contributed by atoms with van der Waals surface area (Å²) in [4.78, 5) is 0. The predicted octanol–water partition coefficient (Wildman–Crippen LogP) is 4.13. The maximum absolute atomic E-state index is 6.06. The van der Waals surface area contributed by atoms with Crippen molar-refractivity contribution in [3.63, 3.8) is 0 Å². The molecule has 2 aliphatic heterocycles. The Morgan fingerprint density at radius 1 is 1.10 bits per heavy atom. The molecule has 1 aromatic carbocycles. The average Bonchev–Trinajstić information content (AvgIpc) is 2.44. The van der Waals surface area contributed by atoms with Gasteiger partial charge in [0.15, 0.2) is 0 Å². The van der Waals surface area contributed by atoms with Gasteiger partial charge in [-0.2, -0.15) is 0 Å². The van der Waals surface area contributed by atoms with E-state index in [4.69, 9.17) is 32.7 Å². The van der Waals surface area contributed by atoms with Crippen LogP contribution in [0.25, 0.3) is 0 Å². The van der Waals surface area contributed by atoms with E-state index in [1.165, 1.54) is 0 Å². The van der Waals surface area contributed by atoms with Gasteiger partial charge in [-0.15, -0.1) is 0 Å². The van der Waals surface area contributed by atoms with Crippen LogP contribution in [-0.4, -0.2) is 31.5 Å². The third-order valence-electron chi connectivity index (χ3n) is 4.19. The van der Waals surface area contributed by atoms with E-state index in [2.05, 4.69) is 5.32 Å². The SMILES string of the molecule is Clc1ccc(NC2CCOC3(CCOCC3)C2)cc1Cl. The van der Waals surface area contributed by atoms with Crippen LogP contribution >= 0.6 is 23.2 Å². The topological polar surface area (TPSA) is 30.5 Å². The lowest BCUT2D eigenvalue weighted by molar-refractivity contribution is -0.135. The molecule has 0 saturated carbocycles. The summed E-state index contributed by atoms with van der Waals surface area (Å²) < 4.78 is 11.5. The van der Waals surface area contributed by atoms with Gasteiger partial charge in [0.25, 0.3) is 0 Å². The maximum atomic E-state index is 6.06. The number of nitrogens with one attached hydrogen (secondary N) is 1. The summed E-state index contributed by atoms with van der Waals surface area (Å²) in [5, 5.41) is 4.73. The Labute approximate surface area is 129 Å². The van der Waals surface area contributed by atoms with Crippen LogP contribution in [0.15, 0.2) is 18.2 Å². The van der Waals surface area contributed by atoms with Gasteiger partial charge >= 0.3 is 0 Å². The van der Waals surface area contributed by atoms with Crippen molar-refractivity contribution >= 4 is 28.9 Å². The summed E-state index contributed by atoms with van der Waals surface area (Å²) in [7, 11) is 0. The third-order valence-corrected chi connectivity index (χ3v) is 4.93. The monoisotopic (exact) mass is 315 g/mol. The largest absolute Gasteiger partial charge is 0.382 e. The highest BCUT2D eigenvalue weighted by molar-refractivity contribution is 6.42. The normalized spacial score (nSPS) is 25.6. The molecule has 5 heteroatoms. The molecule has 2 saturated heterocycles. The summed E-state index contributed by atoms with van der Waals surface area (Å²) in [6.07, 6.45) is 4.03. The average molecular weight is 316 g/mol. The van der Waals surface area contributed by atoms with Gasteiger partial charge < -0.3 is 14.8 Å². The van der Waals surface area contributed by atoms with Gasteiger partial charge in [0.05, 0.1) is 15.6 Å². The van der Waals surface area contributed by atoms with Crippen LogP contribution in [0.4, 0.5) is 5.69 Å². The predicted molar refractivity (Wildman–Crippen MR) is 81.8 cm³/mol. The number of benzene rings is 1. The van der Waals surface area contributed by atoms with Gasteiger partial charge in [0, 0.05) is 31.5 Å². The Balaban J connectivity index is 1.66. The van der Waals surface area contributed by atoms with E-state index in [0.29, 0.717) is 16.1 Å². The van der Waals surface area contributed by atoms with Crippen molar-refractivity contribution in [1.29, 1.82) is 0 Å². The fourth-order valence-corrected chi connectivity index (χ4v) is 3.36. The summed E-state index contributed by atoms with van der Waals surface area (Å²) in [5.74, 6) is 0. The quantitative estimate of drug-likeness (QED) is 0.890. The highest BCUT2D eigenvalue weighted by atomic mass is 35.5. The fraction of sp³-hybridized carbons (Fsp3) is 0.600. The van der Waals surface area contributed by atoms with Crippen LogP contribution in [0.3, 0.4) is 0 Å². The first-order valence-electron chi connectivity index (χ1n) is 7.10. The third kappa shape index (κ3) is 3.22. The summed E-state index contributed by atoms with van der Waals surface area (Å²) in [5.41, 5.74) is 1.03. The highest BCUT2D eigenvalue weighted by Crippen LogP contribution is 2.35. The lowest BCUT2D eigenvalue weighted by Crippen LogP contribution is -2.47. The number of hydrogen-bond donors (Lipinski definition) is 1. The number of rotatable bonds is 2. The standard InChI is InChI=1S/C15H19Cl2NO2/c16-13-2-1-11(9-14(13)17)18-12-3-6-20-15(10-12)4-7-19-8-5-15/h1-2,9,12,18H,3-8,10H2. The molecule has 2 fully saturated rings. The Morgan fingerprint density at radius 3 is 2.65 bits per heavy atom. The Bertz CT molecular complexity index is 469. The van der Waals surface area contributed by atoms with Crippen molar-refractivity contribution in [3.05, 3.63) is 28.2 Å². The minimum atomic E-state index is 0.00435. The molecule has 20 heavy (non-hydrogen) atoms. The summed E-state index contributed by atoms with van der Waals surface area (Å²) in [6, 6.07) is 6.10. The molecule has 1 unspecified atom stereocenters. The van der Waals surface area contributed by atoms with Crippen molar-refractivity contribution in [2.75, 3.05) is 25.1 Å². The van der Waals surface area contributed by atoms with E-state index < -0.39 is 0 Å². The maximum Gasteiger partial charge on any atom is 0.0745 e. The first kappa shape index (κ1) is 14.5. The minimum Gasteiger partial charge on any atom is -0.382 e. The molecule has 1 spiro atoms. The second kappa shape index (κ2) is 6.10. The molecule has 0 aliphatic carbocycles. The van der Waals surface area contributed by atoms with E-state index in [0.717, 1.165) is 51.2 Å². The first-order valence-corrected chi connectivity index (χ1v) is 7.86. The van der Waals surface area contributed by atoms with E-state index in [-0.39, 0.29) is 5.60 Å².